The fourth-order valence-electron chi connectivity index (χ4n) is 2.09. The van der Waals surface area contributed by atoms with E-state index in [2.05, 4.69) is 42.6 Å². The van der Waals surface area contributed by atoms with Crippen LogP contribution >= 0.6 is 0 Å². The van der Waals surface area contributed by atoms with E-state index in [9.17, 15) is 0 Å². The highest BCUT2D eigenvalue weighted by Crippen LogP contribution is 2.27. The molecule has 1 heteroatoms. The highest BCUT2D eigenvalue weighted by Gasteiger charge is 2.30. The maximum Gasteiger partial charge on any atom is 0.00176 e. The monoisotopic (exact) mass is 189 g/mol. The van der Waals surface area contributed by atoms with E-state index in [1.54, 1.807) is 0 Å². The van der Waals surface area contributed by atoms with Gasteiger partial charge in [0.1, 0.15) is 0 Å². The van der Waals surface area contributed by atoms with Crippen LogP contribution in [0.3, 0.4) is 0 Å². The summed E-state index contributed by atoms with van der Waals surface area (Å²) < 4.78 is 0. The van der Waals surface area contributed by atoms with Crippen LogP contribution in [-0.2, 0) is 6.42 Å². The molecule has 0 radical (unpaired) electrons. The fourth-order valence-corrected chi connectivity index (χ4v) is 2.09. The number of aryl methyl sites for hydroxylation is 1. The van der Waals surface area contributed by atoms with Crippen molar-refractivity contribution in [3.05, 3.63) is 35.9 Å². The average Bonchev–Trinajstić information content (AvgIpc) is 2.17. The summed E-state index contributed by atoms with van der Waals surface area (Å²) in [6, 6.07) is 10.8. The average molecular weight is 189 g/mol. The summed E-state index contributed by atoms with van der Waals surface area (Å²) in [5, 5.41) is 3.35. The topological polar surface area (TPSA) is 12.0 Å². The van der Waals surface area contributed by atoms with Crippen LogP contribution in [-0.4, -0.2) is 13.1 Å². The first kappa shape index (κ1) is 9.72. The van der Waals surface area contributed by atoms with Crippen LogP contribution in [0.15, 0.2) is 30.3 Å². The van der Waals surface area contributed by atoms with E-state index >= 15 is 0 Å². The predicted molar refractivity (Wildman–Crippen MR) is 60.4 cm³/mol. The van der Waals surface area contributed by atoms with E-state index in [4.69, 9.17) is 0 Å². The third-order valence-electron chi connectivity index (χ3n) is 3.19. The van der Waals surface area contributed by atoms with Gasteiger partial charge in [0.05, 0.1) is 0 Å². The summed E-state index contributed by atoms with van der Waals surface area (Å²) in [7, 11) is 0. The summed E-state index contributed by atoms with van der Waals surface area (Å²) in [5.41, 5.74) is 2.07. The molecule has 1 aromatic rings. The maximum atomic E-state index is 3.35. The molecule has 1 saturated heterocycles. The highest BCUT2D eigenvalue weighted by atomic mass is 15.0. The van der Waals surface area contributed by atoms with Gasteiger partial charge in [0.2, 0.25) is 0 Å². The van der Waals surface area contributed by atoms with Crippen LogP contribution < -0.4 is 5.32 Å². The van der Waals surface area contributed by atoms with Crippen molar-refractivity contribution in [2.45, 2.75) is 26.2 Å². The van der Waals surface area contributed by atoms with Crippen LogP contribution in [0, 0.1) is 5.41 Å². The Labute approximate surface area is 86.5 Å². The van der Waals surface area contributed by atoms with Gasteiger partial charge in [-0.2, -0.15) is 0 Å². The Kier molecular flexibility index (Phi) is 2.87. The van der Waals surface area contributed by atoms with Gasteiger partial charge in [0.15, 0.2) is 0 Å². The van der Waals surface area contributed by atoms with Gasteiger partial charge in [0.25, 0.3) is 0 Å². The molecule has 1 aliphatic rings. The second-order valence-corrected chi connectivity index (χ2v) is 4.75. The molecule has 1 fully saturated rings. The van der Waals surface area contributed by atoms with Crippen LogP contribution in [0.4, 0.5) is 0 Å². The smallest absolute Gasteiger partial charge is 0.00176 e. The van der Waals surface area contributed by atoms with E-state index < -0.39 is 0 Å². The molecule has 1 aromatic carbocycles. The molecule has 2 rings (SSSR count). The largest absolute Gasteiger partial charge is 0.316 e. The Hall–Kier alpha value is -0.820. The van der Waals surface area contributed by atoms with Gasteiger partial charge in [-0.25, -0.2) is 0 Å². The second-order valence-electron chi connectivity index (χ2n) is 4.75. The fraction of sp³-hybridized carbons (Fsp3) is 0.538. The summed E-state index contributed by atoms with van der Waals surface area (Å²) in [5.74, 6) is 0. The number of hydrogen-bond acceptors (Lipinski definition) is 1. The first-order chi connectivity index (χ1) is 6.79. The standard InChI is InChI=1S/C13H19N/c1-13(10-14-11-13)9-5-8-12-6-3-2-4-7-12/h2-4,6-7,14H,5,8-11H2,1H3. The van der Waals surface area contributed by atoms with Gasteiger partial charge in [-0.3, -0.25) is 0 Å². The molecular weight excluding hydrogens is 170 g/mol. The van der Waals surface area contributed by atoms with Crippen molar-refractivity contribution in [3.8, 4) is 0 Å². The molecule has 0 aromatic heterocycles. The van der Waals surface area contributed by atoms with Crippen LogP contribution in [0.5, 0.6) is 0 Å². The van der Waals surface area contributed by atoms with Gasteiger partial charge in [-0.15, -0.1) is 0 Å². The third-order valence-corrected chi connectivity index (χ3v) is 3.19. The lowest BCUT2D eigenvalue weighted by atomic mass is 9.79. The molecule has 14 heavy (non-hydrogen) atoms. The number of benzene rings is 1. The van der Waals surface area contributed by atoms with Gasteiger partial charge in [-0.05, 0) is 30.2 Å². The number of nitrogens with one attached hydrogen (secondary N) is 1. The lowest BCUT2D eigenvalue weighted by Gasteiger charge is -2.39. The van der Waals surface area contributed by atoms with Crippen molar-refractivity contribution in [1.29, 1.82) is 0 Å². The molecule has 1 heterocycles. The summed E-state index contributed by atoms with van der Waals surface area (Å²) in [4.78, 5) is 0. The van der Waals surface area contributed by atoms with Gasteiger partial charge in [-0.1, -0.05) is 37.3 Å². The van der Waals surface area contributed by atoms with E-state index in [1.165, 1.54) is 37.9 Å². The third kappa shape index (κ3) is 2.36. The Morgan fingerprint density at radius 1 is 1.21 bits per heavy atom. The molecular formula is C13H19N. The van der Waals surface area contributed by atoms with Gasteiger partial charge < -0.3 is 5.32 Å². The van der Waals surface area contributed by atoms with Crippen molar-refractivity contribution in [1.82, 2.24) is 5.32 Å². The zero-order valence-electron chi connectivity index (χ0n) is 8.92. The molecule has 0 atom stereocenters. The zero-order chi connectivity index (χ0) is 9.86. The molecule has 0 unspecified atom stereocenters. The first-order valence-corrected chi connectivity index (χ1v) is 5.53. The van der Waals surface area contributed by atoms with Crippen molar-refractivity contribution < 1.29 is 0 Å². The molecule has 0 amide bonds. The summed E-state index contributed by atoms with van der Waals surface area (Å²) in [6.45, 7) is 4.80. The second kappa shape index (κ2) is 4.14. The van der Waals surface area contributed by atoms with Crippen molar-refractivity contribution in [3.63, 3.8) is 0 Å². The molecule has 0 spiro atoms. The Balaban J connectivity index is 1.73. The maximum absolute atomic E-state index is 3.35. The zero-order valence-corrected chi connectivity index (χ0v) is 8.92. The molecule has 0 bridgehead atoms. The Morgan fingerprint density at radius 2 is 1.93 bits per heavy atom. The van der Waals surface area contributed by atoms with Gasteiger partial charge in [0, 0.05) is 13.1 Å². The SMILES string of the molecule is CC1(CCCc2ccccc2)CNC1. The molecule has 76 valence electrons. The van der Waals surface area contributed by atoms with Gasteiger partial charge >= 0.3 is 0 Å². The van der Waals surface area contributed by atoms with E-state index in [0.717, 1.165) is 0 Å². The minimum Gasteiger partial charge on any atom is -0.316 e. The summed E-state index contributed by atoms with van der Waals surface area (Å²) >= 11 is 0. The molecule has 0 aliphatic carbocycles. The lowest BCUT2D eigenvalue weighted by Crippen LogP contribution is -2.51. The first-order valence-electron chi connectivity index (χ1n) is 5.53. The lowest BCUT2D eigenvalue weighted by molar-refractivity contribution is 0.176. The molecule has 0 saturated carbocycles. The number of hydrogen-bond donors (Lipinski definition) is 1. The van der Waals surface area contributed by atoms with Crippen molar-refractivity contribution in [2.24, 2.45) is 5.41 Å². The number of rotatable bonds is 4. The molecule has 1 N–H and O–H groups in total. The highest BCUT2D eigenvalue weighted by molar-refractivity contribution is 5.14. The predicted octanol–water partition coefficient (Wildman–Crippen LogP) is 2.62. The van der Waals surface area contributed by atoms with Crippen LogP contribution in [0.2, 0.25) is 0 Å². The van der Waals surface area contributed by atoms with Crippen LogP contribution in [0.25, 0.3) is 0 Å². The quantitative estimate of drug-likeness (QED) is 0.767. The normalized spacial score (nSPS) is 18.9. The van der Waals surface area contributed by atoms with E-state index in [0.29, 0.717) is 5.41 Å². The van der Waals surface area contributed by atoms with Crippen LogP contribution in [0.1, 0.15) is 25.3 Å². The van der Waals surface area contributed by atoms with E-state index in [-0.39, 0.29) is 0 Å². The van der Waals surface area contributed by atoms with E-state index in [1.807, 2.05) is 0 Å². The molecule has 1 nitrogen and oxygen atoms in total. The minimum atomic E-state index is 0.592. The Bertz CT molecular complexity index is 275. The Morgan fingerprint density at radius 3 is 2.50 bits per heavy atom. The van der Waals surface area contributed by atoms with Crippen molar-refractivity contribution in [2.75, 3.05) is 13.1 Å². The summed E-state index contributed by atoms with van der Waals surface area (Å²) in [6.07, 6.45) is 3.91. The molecule has 1 aliphatic heterocycles. The van der Waals surface area contributed by atoms with Crippen molar-refractivity contribution >= 4 is 0 Å². The minimum absolute atomic E-state index is 0.592.